The molecule has 3 aromatic rings. The molecular weight excluding hydrogens is 525 g/mol. The second kappa shape index (κ2) is 11.9. The van der Waals surface area contributed by atoms with E-state index >= 15 is 0 Å². The van der Waals surface area contributed by atoms with Gasteiger partial charge in [-0.3, -0.25) is 0 Å². The standard InChI is InChI=1S/C19H21ClN6O2S.C2HF3O2/c1-21-29(27,28)17-9-15(8-16(10-17)26(2)3)25-19-11-18(22-12-23-19)24-14-6-4-13(20)5-7-14;3-2(4,5)1(6)7/h4-12,21H,1-3H3,(H2,22,23,24,25);(H,6,7). The Bertz CT molecular complexity index is 1310. The molecule has 3 rings (SSSR count). The number of sulfonamides is 1. The van der Waals surface area contributed by atoms with Gasteiger partial charge in [-0.15, -0.1) is 0 Å². The van der Waals surface area contributed by atoms with Gasteiger partial charge in [-0.05, 0) is 49.5 Å². The molecule has 0 radical (unpaired) electrons. The predicted molar refractivity (Wildman–Crippen MR) is 131 cm³/mol. The summed E-state index contributed by atoms with van der Waals surface area (Å²) >= 11 is 5.91. The first kappa shape index (κ1) is 28.6. The molecule has 0 spiro atoms. The third kappa shape index (κ3) is 8.55. The van der Waals surface area contributed by atoms with Gasteiger partial charge >= 0.3 is 12.1 Å². The van der Waals surface area contributed by atoms with Crippen LogP contribution in [0.5, 0.6) is 0 Å². The number of rotatable bonds is 7. The van der Waals surface area contributed by atoms with Crippen molar-refractivity contribution in [2.24, 2.45) is 0 Å². The Morgan fingerprint density at radius 3 is 1.97 bits per heavy atom. The highest BCUT2D eigenvalue weighted by Crippen LogP contribution is 2.27. The summed E-state index contributed by atoms with van der Waals surface area (Å²) in [5, 5.41) is 14.1. The number of aliphatic carboxylic acids is 1. The highest BCUT2D eigenvalue weighted by molar-refractivity contribution is 7.89. The SMILES string of the molecule is CNS(=O)(=O)c1cc(Nc2cc(Nc3ccc(Cl)cc3)ncn2)cc(N(C)C)c1.O=C(O)C(F)(F)F. The Kier molecular flexibility index (Phi) is 9.44. The average molecular weight is 547 g/mol. The zero-order chi connectivity index (χ0) is 27.1. The van der Waals surface area contributed by atoms with Crippen molar-refractivity contribution >= 4 is 56.3 Å². The largest absolute Gasteiger partial charge is 0.490 e. The first-order chi connectivity index (χ1) is 16.7. The summed E-state index contributed by atoms with van der Waals surface area (Å²) in [6, 6.07) is 13.9. The minimum atomic E-state index is -5.08. The van der Waals surface area contributed by atoms with Crippen LogP contribution < -0.4 is 20.3 Å². The van der Waals surface area contributed by atoms with Gasteiger partial charge in [-0.1, -0.05) is 11.6 Å². The van der Waals surface area contributed by atoms with E-state index in [1.54, 1.807) is 30.3 Å². The topological polar surface area (TPSA) is 137 Å². The molecule has 0 aliphatic heterocycles. The maximum atomic E-state index is 12.3. The zero-order valence-corrected chi connectivity index (χ0v) is 20.7. The lowest BCUT2D eigenvalue weighted by Gasteiger charge is -2.17. The molecule has 15 heteroatoms. The lowest BCUT2D eigenvalue weighted by molar-refractivity contribution is -0.192. The van der Waals surface area contributed by atoms with Crippen molar-refractivity contribution in [3.05, 3.63) is 59.9 Å². The highest BCUT2D eigenvalue weighted by Gasteiger charge is 2.38. The number of halogens is 4. The van der Waals surface area contributed by atoms with Gasteiger partial charge in [0, 0.05) is 42.2 Å². The molecule has 1 heterocycles. The molecule has 194 valence electrons. The number of anilines is 5. The Hall–Kier alpha value is -3.62. The molecule has 4 N–H and O–H groups in total. The van der Waals surface area contributed by atoms with Crippen LogP contribution in [0.3, 0.4) is 0 Å². The van der Waals surface area contributed by atoms with Gasteiger partial charge in [-0.2, -0.15) is 13.2 Å². The maximum absolute atomic E-state index is 12.3. The monoisotopic (exact) mass is 546 g/mol. The lowest BCUT2D eigenvalue weighted by Crippen LogP contribution is -2.21. The number of carbonyl (C=O) groups is 1. The molecule has 0 bridgehead atoms. The van der Waals surface area contributed by atoms with E-state index in [9.17, 15) is 21.6 Å². The summed E-state index contributed by atoms with van der Waals surface area (Å²) in [6.07, 6.45) is -3.67. The fourth-order valence-corrected chi connectivity index (χ4v) is 3.43. The fourth-order valence-electron chi connectivity index (χ4n) is 2.51. The quantitative estimate of drug-likeness (QED) is 0.343. The molecule has 0 aliphatic rings. The normalized spacial score (nSPS) is 11.2. The van der Waals surface area contributed by atoms with Gasteiger partial charge in [0.25, 0.3) is 0 Å². The predicted octanol–water partition coefficient (Wildman–Crippen LogP) is 4.22. The van der Waals surface area contributed by atoms with E-state index in [-0.39, 0.29) is 4.90 Å². The number of aromatic nitrogens is 2. The van der Waals surface area contributed by atoms with Crippen LogP contribution in [0.1, 0.15) is 0 Å². The second-order valence-corrected chi connectivity index (χ2v) is 9.49. The van der Waals surface area contributed by atoms with Gasteiger partial charge in [0.15, 0.2) is 0 Å². The van der Waals surface area contributed by atoms with Gasteiger partial charge < -0.3 is 20.6 Å². The van der Waals surface area contributed by atoms with Crippen LogP contribution in [0.4, 0.5) is 41.9 Å². The average Bonchev–Trinajstić information content (AvgIpc) is 2.80. The Morgan fingerprint density at radius 2 is 1.50 bits per heavy atom. The number of alkyl halides is 3. The number of benzene rings is 2. The summed E-state index contributed by atoms with van der Waals surface area (Å²) in [5.41, 5.74) is 2.15. The molecule has 0 saturated carbocycles. The maximum Gasteiger partial charge on any atom is 0.490 e. The van der Waals surface area contributed by atoms with Crippen molar-refractivity contribution < 1.29 is 31.5 Å². The van der Waals surface area contributed by atoms with E-state index < -0.39 is 22.2 Å². The van der Waals surface area contributed by atoms with E-state index in [0.717, 1.165) is 11.4 Å². The van der Waals surface area contributed by atoms with Crippen molar-refractivity contribution in [1.82, 2.24) is 14.7 Å². The minimum Gasteiger partial charge on any atom is -0.475 e. The van der Waals surface area contributed by atoms with Gasteiger partial charge in [-0.25, -0.2) is 27.9 Å². The molecule has 0 amide bonds. The molecular formula is C21H22ClF3N6O4S. The van der Waals surface area contributed by atoms with E-state index in [4.69, 9.17) is 21.5 Å². The molecule has 0 atom stereocenters. The molecule has 1 aromatic heterocycles. The van der Waals surface area contributed by atoms with Crippen molar-refractivity contribution in [2.75, 3.05) is 36.7 Å². The summed E-state index contributed by atoms with van der Waals surface area (Å²) in [6.45, 7) is 0. The van der Waals surface area contributed by atoms with E-state index in [1.165, 1.54) is 13.4 Å². The summed E-state index contributed by atoms with van der Waals surface area (Å²) < 4.78 is 58.6. The van der Waals surface area contributed by atoms with Crippen LogP contribution in [-0.2, 0) is 14.8 Å². The molecule has 0 fully saturated rings. The van der Waals surface area contributed by atoms with Crippen molar-refractivity contribution in [2.45, 2.75) is 11.1 Å². The van der Waals surface area contributed by atoms with Crippen LogP contribution in [0.15, 0.2) is 59.8 Å². The van der Waals surface area contributed by atoms with E-state index in [1.807, 2.05) is 37.2 Å². The third-order valence-electron chi connectivity index (χ3n) is 4.29. The Morgan fingerprint density at radius 1 is 0.972 bits per heavy atom. The number of hydrogen-bond donors (Lipinski definition) is 4. The van der Waals surface area contributed by atoms with E-state index in [0.29, 0.717) is 22.3 Å². The van der Waals surface area contributed by atoms with Crippen LogP contribution in [-0.4, -0.2) is 56.8 Å². The fraction of sp³-hybridized carbons (Fsp3) is 0.190. The zero-order valence-electron chi connectivity index (χ0n) is 19.1. The molecule has 10 nitrogen and oxygen atoms in total. The third-order valence-corrected chi connectivity index (χ3v) is 5.93. The number of nitrogens with zero attached hydrogens (tertiary/aromatic N) is 3. The Balaban J connectivity index is 0.000000572. The van der Waals surface area contributed by atoms with Crippen molar-refractivity contribution in [1.29, 1.82) is 0 Å². The van der Waals surface area contributed by atoms with Gasteiger partial charge in [0.1, 0.15) is 18.0 Å². The van der Waals surface area contributed by atoms with Gasteiger partial charge in [0.05, 0.1) is 4.90 Å². The smallest absolute Gasteiger partial charge is 0.475 e. The molecule has 0 saturated heterocycles. The van der Waals surface area contributed by atoms with Crippen LogP contribution >= 0.6 is 11.6 Å². The molecule has 0 unspecified atom stereocenters. The Labute approximate surface area is 210 Å². The van der Waals surface area contributed by atoms with E-state index in [2.05, 4.69) is 25.3 Å². The number of carboxylic acid groups (broad SMARTS) is 1. The summed E-state index contributed by atoms with van der Waals surface area (Å²) in [5.74, 6) is -1.66. The van der Waals surface area contributed by atoms with Gasteiger partial charge in [0.2, 0.25) is 10.0 Å². The van der Waals surface area contributed by atoms with Crippen LogP contribution in [0.25, 0.3) is 0 Å². The number of nitrogens with one attached hydrogen (secondary N) is 3. The minimum absolute atomic E-state index is 0.155. The van der Waals surface area contributed by atoms with Crippen molar-refractivity contribution in [3.8, 4) is 0 Å². The first-order valence-electron chi connectivity index (χ1n) is 9.89. The first-order valence-corrected chi connectivity index (χ1v) is 11.7. The second-order valence-electron chi connectivity index (χ2n) is 7.17. The van der Waals surface area contributed by atoms with Crippen LogP contribution in [0, 0.1) is 0 Å². The number of hydrogen-bond acceptors (Lipinski definition) is 8. The molecule has 36 heavy (non-hydrogen) atoms. The van der Waals surface area contributed by atoms with Crippen molar-refractivity contribution in [3.63, 3.8) is 0 Å². The lowest BCUT2D eigenvalue weighted by atomic mass is 10.2. The molecule has 0 aliphatic carbocycles. The molecule has 2 aromatic carbocycles. The highest BCUT2D eigenvalue weighted by atomic mass is 35.5. The van der Waals surface area contributed by atoms with Crippen LogP contribution in [0.2, 0.25) is 5.02 Å². The summed E-state index contributed by atoms with van der Waals surface area (Å²) in [7, 11) is 1.47. The summed E-state index contributed by atoms with van der Waals surface area (Å²) in [4.78, 5) is 19.3. The number of carboxylic acids is 1.